The Labute approximate surface area is 151 Å². The summed E-state index contributed by atoms with van der Waals surface area (Å²) in [6, 6.07) is 10.0. The molecule has 3 nitrogen and oxygen atoms in total. The number of phenolic OH excluding ortho intramolecular Hbond substituents is 1. The van der Waals surface area contributed by atoms with Crippen molar-refractivity contribution in [2.24, 2.45) is 0 Å². The first-order valence-electron chi connectivity index (χ1n) is 8.01. The van der Waals surface area contributed by atoms with E-state index in [9.17, 15) is 9.90 Å². The van der Waals surface area contributed by atoms with Gasteiger partial charge in [-0.05, 0) is 49.4 Å². The van der Waals surface area contributed by atoms with Gasteiger partial charge in [0.2, 0.25) is 0 Å². The molecule has 1 N–H and O–H groups in total. The van der Waals surface area contributed by atoms with Gasteiger partial charge in [0.05, 0.1) is 6.61 Å². The zero-order valence-electron chi connectivity index (χ0n) is 14.5. The number of aromatic hydroxyl groups is 1. The molecule has 2 rings (SSSR count). The van der Waals surface area contributed by atoms with E-state index < -0.39 is 0 Å². The van der Waals surface area contributed by atoms with E-state index >= 15 is 0 Å². The summed E-state index contributed by atoms with van der Waals surface area (Å²) in [6.45, 7) is 7.65. The fraction of sp³-hybridized carbons (Fsp3) is 0.350. The van der Waals surface area contributed by atoms with E-state index in [0.717, 1.165) is 32.3 Å². The molecule has 0 aromatic heterocycles. The third kappa shape index (κ3) is 3.81. The molecular formula is C20H23BrO3. The lowest BCUT2D eigenvalue weighted by molar-refractivity contribution is -0.141. The van der Waals surface area contributed by atoms with E-state index in [1.165, 1.54) is 6.92 Å². The molecule has 2 aromatic carbocycles. The number of rotatable bonds is 5. The first-order valence-corrected chi connectivity index (χ1v) is 8.80. The van der Waals surface area contributed by atoms with Crippen molar-refractivity contribution in [2.45, 2.75) is 40.0 Å². The van der Waals surface area contributed by atoms with Crippen LogP contribution in [0.2, 0.25) is 0 Å². The molecule has 128 valence electrons. The highest BCUT2D eigenvalue weighted by Crippen LogP contribution is 2.42. The molecule has 0 radical (unpaired) electrons. The van der Waals surface area contributed by atoms with Crippen molar-refractivity contribution in [1.82, 2.24) is 0 Å². The molecule has 0 fully saturated rings. The molecule has 24 heavy (non-hydrogen) atoms. The SMILES string of the molecule is CC(=O)OCC[C@H](c1ccccc1)c1c(C)c(Br)c(C)c(C)c1O. The molecule has 1 atom stereocenters. The minimum Gasteiger partial charge on any atom is -0.507 e. The highest BCUT2D eigenvalue weighted by Gasteiger charge is 2.24. The Bertz CT molecular complexity index is 709. The van der Waals surface area contributed by atoms with Crippen molar-refractivity contribution in [3.63, 3.8) is 0 Å². The van der Waals surface area contributed by atoms with Crippen LogP contribution >= 0.6 is 15.9 Å². The number of hydrogen-bond acceptors (Lipinski definition) is 3. The van der Waals surface area contributed by atoms with Crippen molar-refractivity contribution in [1.29, 1.82) is 0 Å². The van der Waals surface area contributed by atoms with Gasteiger partial charge >= 0.3 is 5.97 Å². The van der Waals surface area contributed by atoms with Gasteiger partial charge in [0.15, 0.2) is 0 Å². The van der Waals surface area contributed by atoms with Crippen LogP contribution in [-0.4, -0.2) is 17.7 Å². The van der Waals surface area contributed by atoms with Crippen molar-refractivity contribution >= 4 is 21.9 Å². The Morgan fingerprint density at radius 2 is 1.75 bits per heavy atom. The van der Waals surface area contributed by atoms with Gasteiger partial charge in [-0.15, -0.1) is 0 Å². The van der Waals surface area contributed by atoms with E-state index in [0.29, 0.717) is 18.8 Å². The van der Waals surface area contributed by atoms with Crippen LogP contribution in [0.15, 0.2) is 34.8 Å². The lowest BCUT2D eigenvalue weighted by Crippen LogP contribution is -2.11. The predicted octanol–water partition coefficient (Wildman–Crippen LogP) is 5.17. The summed E-state index contributed by atoms with van der Waals surface area (Å²) in [4.78, 5) is 11.1. The van der Waals surface area contributed by atoms with Crippen molar-refractivity contribution in [2.75, 3.05) is 6.61 Å². The maximum atomic E-state index is 11.1. The highest BCUT2D eigenvalue weighted by atomic mass is 79.9. The second kappa shape index (κ2) is 7.84. The summed E-state index contributed by atoms with van der Waals surface area (Å²) in [5, 5.41) is 10.8. The smallest absolute Gasteiger partial charge is 0.302 e. The lowest BCUT2D eigenvalue weighted by atomic mass is 9.83. The number of carbonyl (C=O) groups excluding carboxylic acids is 1. The van der Waals surface area contributed by atoms with Gasteiger partial charge in [-0.3, -0.25) is 4.79 Å². The quantitative estimate of drug-likeness (QED) is 0.716. The molecule has 0 aliphatic carbocycles. The van der Waals surface area contributed by atoms with E-state index in [-0.39, 0.29) is 11.9 Å². The van der Waals surface area contributed by atoms with Crippen molar-refractivity contribution in [3.8, 4) is 5.75 Å². The van der Waals surface area contributed by atoms with Crippen LogP contribution in [0.5, 0.6) is 5.75 Å². The van der Waals surface area contributed by atoms with Gasteiger partial charge in [0, 0.05) is 22.9 Å². The number of benzene rings is 2. The molecule has 0 aliphatic rings. The van der Waals surface area contributed by atoms with Gasteiger partial charge in [0.1, 0.15) is 5.75 Å². The zero-order valence-corrected chi connectivity index (χ0v) is 16.1. The van der Waals surface area contributed by atoms with E-state index in [1.807, 2.05) is 51.1 Å². The molecule has 0 bridgehead atoms. The summed E-state index contributed by atoms with van der Waals surface area (Å²) < 4.78 is 6.16. The Morgan fingerprint density at radius 3 is 2.33 bits per heavy atom. The fourth-order valence-corrected chi connectivity index (χ4v) is 3.54. The molecule has 0 heterocycles. The first-order chi connectivity index (χ1) is 11.3. The second-order valence-corrected chi connectivity index (χ2v) is 6.84. The minimum absolute atomic E-state index is 0.0406. The number of esters is 1. The number of carbonyl (C=O) groups is 1. The zero-order chi connectivity index (χ0) is 17.9. The van der Waals surface area contributed by atoms with Crippen molar-refractivity contribution in [3.05, 3.63) is 62.6 Å². The van der Waals surface area contributed by atoms with Gasteiger partial charge < -0.3 is 9.84 Å². The fourth-order valence-electron chi connectivity index (χ4n) is 3.03. The summed E-state index contributed by atoms with van der Waals surface area (Å²) in [6.07, 6.45) is 0.618. The van der Waals surface area contributed by atoms with Gasteiger partial charge in [-0.2, -0.15) is 0 Å². The summed E-state index contributed by atoms with van der Waals surface area (Å²) >= 11 is 3.65. The Balaban J connectivity index is 2.54. The van der Waals surface area contributed by atoms with E-state index in [2.05, 4.69) is 15.9 Å². The number of halogens is 1. The van der Waals surface area contributed by atoms with Crippen LogP contribution in [0, 0.1) is 20.8 Å². The molecule has 2 aromatic rings. The van der Waals surface area contributed by atoms with Crippen LogP contribution < -0.4 is 0 Å². The topological polar surface area (TPSA) is 46.5 Å². The summed E-state index contributed by atoms with van der Waals surface area (Å²) in [5.41, 5.74) is 4.92. The molecule has 0 aliphatic heterocycles. The van der Waals surface area contributed by atoms with Gasteiger partial charge in [-0.25, -0.2) is 0 Å². The van der Waals surface area contributed by atoms with Crippen LogP contribution in [0.3, 0.4) is 0 Å². The monoisotopic (exact) mass is 390 g/mol. The Morgan fingerprint density at radius 1 is 1.12 bits per heavy atom. The molecule has 0 saturated heterocycles. The minimum atomic E-state index is -0.288. The molecular weight excluding hydrogens is 368 g/mol. The van der Waals surface area contributed by atoms with Crippen LogP contribution in [0.1, 0.15) is 47.1 Å². The lowest BCUT2D eigenvalue weighted by Gasteiger charge is -2.24. The second-order valence-electron chi connectivity index (χ2n) is 6.04. The number of ether oxygens (including phenoxy) is 1. The molecule has 0 unspecified atom stereocenters. The van der Waals surface area contributed by atoms with Crippen LogP contribution in [0.4, 0.5) is 0 Å². The average Bonchev–Trinajstić information content (AvgIpc) is 2.57. The third-order valence-corrected chi connectivity index (χ3v) is 5.69. The molecule has 0 spiro atoms. The summed E-state index contributed by atoms with van der Waals surface area (Å²) in [7, 11) is 0. The van der Waals surface area contributed by atoms with E-state index in [4.69, 9.17) is 4.74 Å². The third-order valence-electron chi connectivity index (χ3n) is 4.50. The molecule has 4 heteroatoms. The van der Waals surface area contributed by atoms with Crippen LogP contribution in [-0.2, 0) is 9.53 Å². The summed E-state index contributed by atoms with van der Waals surface area (Å²) in [5.74, 6) is -0.00458. The van der Waals surface area contributed by atoms with Crippen LogP contribution in [0.25, 0.3) is 0 Å². The predicted molar refractivity (Wildman–Crippen MR) is 99.6 cm³/mol. The largest absolute Gasteiger partial charge is 0.507 e. The average molecular weight is 391 g/mol. The first kappa shape index (κ1) is 18.5. The van der Waals surface area contributed by atoms with E-state index in [1.54, 1.807) is 0 Å². The molecule has 0 saturated carbocycles. The Hall–Kier alpha value is -1.81. The number of hydrogen-bond donors (Lipinski definition) is 1. The normalized spacial score (nSPS) is 12.0. The van der Waals surface area contributed by atoms with Crippen molar-refractivity contribution < 1.29 is 14.6 Å². The standard InChI is InChI=1S/C20H23BrO3/c1-12-13(2)20(23)18(14(3)19(12)21)17(10-11-24-15(4)22)16-8-6-5-7-9-16/h5-9,17,23H,10-11H2,1-4H3/t17-/m1/s1. The Kier molecular flexibility index (Phi) is 6.05. The van der Waals surface area contributed by atoms with Gasteiger partial charge in [-0.1, -0.05) is 46.3 Å². The molecule has 0 amide bonds. The number of phenols is 1. The maximum Gasteiger partial charge on any atom is 0.302 e. The highest BCUT2D eigenvalue weighted by molar-refractivity contribution is 9.10. The van der Waals surface area contributed by atoms with Gasteiger partial charge in [0.25, 0.3) is 0 Å². The maximum absolute atomic E-state index is 11.1.